The first-order chi connectivity index (χ1) is 10.7. The van der Waals surface area contributed by atoms with E-state index >= 15 is 0 Å². The van der Waals surface area contributed by atoms with Crippen LogP contribution < -0.4 is 10.6 Å². The number of rotatable bonds is 6. The number of hydrogen-bond acceptors (Lipinski definition) is 4. The van der Waals surface area contributed by atoms with Crippen LogP contribution in [0.4, 0.5) is 0 Å². The second-order valence-electron chi connectivity index (χ2n) is 5.32. The van der Waals surface area contributed by atoms with Crippen molar-refractivity contribution >= 4 is 11.8 Å². The van der Waals surface area contributed by atoms with E-state index in [-0.39, 0.29) is 23.7 Å². The Kier molecular flexibility index (Phi) is 4.18. The molecule has 22 heavy (non-hydrogen) atoms. The summed E-state index contributed by atoms with van der Waals surface area (Å²) in [7, 11) is 0. The van der Waals surface area contributed by atoms with Crippen molar-refractivity contribution in [2.75, 3.05) is 0 Å². The molecule has 2 aromatic rings. The third-order valence-electron chi connectivity index (χ3n) is 3.70. The topological polar surface area (TPSA) is 84.2 Å². The third kappa shape index (κ3) is 3.52. The van der Waals surface area contributed by atoms with Crippen LogP contribution in [0.2, 0.25) is 0 Å². The standard InChI is InChI=1S/C16H17N3O3/c20-15(18-9-11-3-5-17-6-4-11)13-8-14(13)16(21)19-10-12-2-1-7-22-12/h1-7,13-14H,8-10H2,(H,18,20)(H,19,21). The fourth-order valence-corrected chi connectivity index (χ4v) is 2.31. The summed E-state index contributed by atoms with van der Waals surface area (Å²) in [6.45, 7) is 0.812. The molecule has 0 aromatic carbocycles. The lowest BCUT2D eigenvalue weighted by atomic mass is 10.2. The highest BCUT2D eigenvalue weighted by Gasteiger charge is 2.47. The minimum absolute atomic E-state index is 0.0741. The number of amides is 2. The van der Waals surface area contributed by atoms with E-state index in [9.17, 15) is 9.59 Å². The van der Waals surface area contributed by atoms with E-state index in [1.165, 1.54) is 0 Å². The molecule has 1 aliphatic carbocycles. The van der Waals surface area contributed by atoms with Crippen LogP contribution in [0.5, 0.6) is 0 Å². The largest absolute Gasteiger partial charge is 0.467 e. The minimum Gasteiger partial charge on any atom is -0.467 e. The summed E-state index contributed by atoms with van der Waals surface area (Å²) in [5.41, 5.74) is 0.989. The van der Waals surface area contributed by atoms with Gasteiger partial charge in [0.25, 0.3) is 0 Å². The second-order valence-corrected chi connectivity index (χ2v) is 5.32. The number of aromatic nitrogens is 1. The highest BCUT2D eigenvalue weighted by atomic mass is 16.3. The van der Waals surface area contributed by atoms with Crippen LogP contribution in [0.25, 0.3) is 0 Å². The Morgan fingerprint density at radius 2 is 1.77 bits per heavy atom. The van der Waals surface area contributed by atoms with Crippen molar-refractivity contribution < 1.29 is 14.0 Å². The molecule has 2 unspecified atom stereocenters. The summed E-state index contributed by atoms with van der Waals surface area (Å²) in [6, 6.07) is 7.27. The van der Waals surface area contributed by atoms with Crippen molar-refractivity contribution in [1.29, 1.82) is 0 Å². The van der Waals surface area contributed by atoms with Gasteiger partial charge in [-0.05, 0) is 36.2 Å². The van der Waals surface area contributed by atoms with Gasteiger partial charge in [0.1, 0.15) is 5.76 Å². The van der Waals surface area contributed by atoms with Crippen LogP contribution in [0.15, 0.2) is 47.3 Å². The first kappa shape index (κ1) is 14.3. The lowest BCUT2D eigenvalue weighted by molar-refractivity contribution is -0.127. The molecule has 2 aromatic heterocycles. The van der Waals surface area contributed by atoms with E-state index in [0.717, 1.165) is 5.56 Å². The van der Waals surface area contributed by atoms with Crippen LogP contribution in [0, 0.1) is 11.8 Å². The normalized spacial score (nSPS) is 19.5. The van der Waals surface area contributed by atoms with E-state index in [0.29, 0.717) is 25.3 Å². The van der Waals surface area contributed by atoms with Crippen LogP contribution in [0.3, 0.4) is 0 Å². The molecular formula is C16H17N3O3. The van der Waals surface area contributed by atoms with Gasteiger partial charge in [0.2, 0.25) is 11.8 Å². The zero-order valence-electron chi connectivity index (χ0n) is 12.0. The summed E-state index contributed by atoms with van der Waals surface area (Å²) in [4.78, 5) is 27.9. The molecule has 1 saturated carbocycles. The molecule has 1 aliphatic rings. The maximum atomic E-state index is 12.0. The monoisotopic (exact) mass is 299 g/mol. The second kappa shape index (κ2) is 6.43. The van der Waals surface area contributed by atoms with Gasteiger partial charge in [-0.25, -0.2) is 0 Å². The van der Waals surface area contributed by atoms with Gasteiger partial charge < -0.3 is 15.1 Å². The smallest absolute Gasteiger partial charge is 0.224 e. The Balaban J connectivity index is 1.41. The van der Waals surface area contributed by atoms with E-state index in [1.54, 1.807) is 30.8 Å². The van der Waals surface area contributed by atoms with Crippen molar-refractivity contribution in [1.82, 2.24) is 15.6 Å². The van der Waals surface area contributed by atoms with E-state index < -0.39 is 0 Å². The molecule has 0 radical (unpaired) electrons. The SMILES string of the molecule is O=C(NCc1ccncc1)C1CC1C(=O)NCc1ccco1. The van der Waals surface area contributed by atoms with Gasteiger partial charge in [0.15, 0.2) is 0 Å². The maximum absolute atomic E-state index is 12.0. The molecule has 0 saturated heterocycles. The first-order valence-corrected chi connectivity index (χ1v) is 7.21. The van der Waals surface area contributed by atoms with E-state index in [4.69, 9.17) is 4.42 Å². The third-order valence-corrected chi connectivity index (χ3v) is 3.70. The minimum atomic E-state index is -0.229. The summed E-state index contributed by atoms with van der Waals surface area (Å²) < 4.78 is 5.15. The lowest BCUT2D eigenvalue weighted by Crippen LogP contribution is -2.29. The Morgan fingerprint density at radius 1 is 1.09 bits per heavy atom. The maximum Gasteiger partial charge on any atom is 0.224 e. The Labute approximate surface area is 127 Å². The predicted molar refractivity (Wildman–Crippen MR) is 78.2 cm³/mol. The molecular weight excluding hydrogens is 282 g/mol. The van der Waals surface area contributed by atoms with Gasteiger partial charge in [0, 0.05) is 18.9 Å². The van der Waals surface area contributed by atoms with Crippen molar-refractivity contribution in [2.24, 2.45) is 11.8 Å². The molecule has 0 aliphatic heterocycles. The van der Waals surface area contributed by atoms with Gasteiger partial charge in [-0.15, -0.1) is 0 Å². The molecule has 2 atom stereocenters. The molecule has 1 fully saturated rings. The fraction of sp³-hybridized carbons (Fsp3) is 0.312. The average molecular weight is 299 g/mol. The van der Waals surface area contributed by atoms with Crippen LogP contribution in [0.1, 0.15) is 17.7 Å². The van der Waals surface area contributed by atoms with Crippen molar-refractivity contribution in [3.63, 3.8) is 0 Å². The van der Waals surface area contributed by atoms with Gasteiger partial charge in [-0.1, -0.05) is 0 Å². The number of furan rings is 1. The molecule has 114 valence electrons. The fourth-order valence-electron chi connectivity index (χ4n) is 2.31. The van der Waals surface area contributed by atoms with Gasteiger partial charge >= 0.3 is 0 Å². The summed E-state index contributed by atoms with van der Waals surface area (Å²) in [5.74, 6) is 0.0777. The van der Waals surface area contributed by atoms with Crippen molar-refractivity contribution in [3.8, 4) is 0 Å². The highest BCUT2D eigenvalue weighted by Crippen LogP contribution is 2.38. The van der Waals surface area contributed by atoms with E-state index in [1.807, 2.05) is 12.1 Å². The molecule has 0 bridgehead atoms. The lowest BCUT2D eigenvalue weighted by Gasteiger charge is -2.05. The molecule has 2 amide bonds. The number of nitrogens with one attached hydrogen (secondary N) is 2. The van der Waals surface area contributed by atoms with E-state index in [2.05, 4.69) is 15.6 Å². The van der Waals surface area contributed by atoms with Gasteiger partial charge in [-0.2, -0.15) is 0 Å². The highest BCUT2D eigenvalue weighted by molar-refractivity contribution is 5.92. The number of hydrogen-bond donors (Lipinski definition) is 2. The quantitative estimate of drug-likeness (QED) is 0.840. The molecule has 2 N–H and O–H groups in total. The van der Waals surface area contributed by atoms with Gasteiger partial charge in [0.05, 0.1) is 24.6 Å². The first-order valence-electron chi connectivity index (χ1n) is 7.21. The summed E-state index contributed by atoms with van der Waals surface area (Å²) >= 11 is 0. The Bertz CT molecular complexity index is 640. The number of nitrogens with zero attached hydrogens (tertiary/aromatic N) is 1. The zero-order chi connectivity index (χ0) is 15.4. The van der Waals surface area contributed by atoms with Gasteiger partial charge in [-0.3, -0.25) is 14.6 Å². The molecule has 2 heterocycles. The average Bonchev–Trinajstić information content (AvgIpc) is 3.19. The zero-order valence-corrected chi connectivity index (χ0v) is 12.0. The molecule has 0 spiro atoms. The Hall–Kier alpha value is -2.63. The van der Waals surface area contributed by atoms with Crippen LogP contribution >= 0.6 is 0 Å². The molecule has 6 nitrogen and oxygen atoms in total. The van der Waals surface area contributed by atoms with Crippen molar-refractivity contribution in [3.05, 3.63) is 54.2 Å². The number of carbonyl (C=O) groups is 2. The Morgan fingerprint density at radius 3 is 2.41 bits per heavy atom. The number of pyridine rings is 1. The summed E-state index contributed by atoms with van der Waals surface area (Å²) in [5, 5.41) is 5.63. The van der Waals surface area contributed by atoms with Crippen LogP contribution in [-0.2, 0) is 22.7 Å². The number of carbonyl (C=O) groups excluding carboxylic acids is 2. The van der Waals surface area contributed by atoms with Crippen molar-refractivity contribution in [2.45, 2.75) is 19.5 Å². The predicted octanol–water partition coefficient (Wildman–Crippen LogP) is 1.24. The van der Waals surface area contributed by atoms with Crippen LogP contribution in [-0.4, -0.2) is 16.8 Å². The summed E-state index contributed by atoms with van der Waals surface area (Å²) in [6.07, 6.45) is 5.53. The molecule has 6 heteroatoms. The molecule has 3 rings (SSSR count).